The third kappa shape index (κ3) is 5.17. The SMILES string of the molecule is O=C(O)CCN1CCN(C(=O)CC2(NC(=O)OCC3c4ccccc4-c4ccccc43)CC2)CC1. The summed E-state index contributed by atoms with van der Waals surface area (Å²) in [4.78, 5) is 40.2. The molecule has 1 aliphatic heterocycles. The van der Waals surface area contributed by atoms with Crippen molar-refractivity contribution in [3.63, 3.8) is 0 Å². The van der Waals surface area contributed by atoms with Gasteiger partial charge in [-0.2, -0.15) is 0 Å². The van der Waals surface area contributed by atoms with Crippen LogP contribution in [-0.2, 0) is 14.3 Å². The third-order valence-electron chi connectivity index (χ3n) is 7.42. The van der Waals surface area contributed by atoms with Crippen molar-refractivity contribution in [3.8, 4) is 11.1 Å². The maximum absolute atomic E-state index is 12.9. The highest BCUT2D eigenvalue weighted by Gasteiger charge is 2.47. The van der Waals surface area contributed by atoms with Gasteiger partial charge in [0.05, 0.1) is 18.4 Å². The second-order valence-corrected chi connectivity index (χ2v) is 9.77. The number of nitrogens with one attached hydrogen (secondary N) is 1. The molecule has 1 saturated carbocycles. The number of benzene rings is 2. The summed E-state index contributed by atoms with van der Waals surface area (Å²) in [6.07, 6.45) is 1.44. The number of ether oxygens (including phenoxy) is 1. The van der Waals surface area contributed by atoms with Gasteiger partial charge in [0.1, 0.15) is 6.61 Å². The number of carboxylic acid groups (broad SMARTS) is 1. The first-order valence-electron chi connectivity index (χ1n) is 12.3. The molecule has 2 aliphatic carbocycles. The van der Waals surface area contributed by atoms with Crippen LogP contribution in [0.3, 0.4) is 0 Å². The van der Waals surface area contributed by atoms with Crippen LogP contribution < -0.4 is 5.32 Å². The van der Waals surface area contributed by atoms with Crippen LogP contribution in [0.2, 0.25) is 0 Å². The van der Waals surface area contributed by atoms with Gasteiger partial charge in [0.2, 0.25) is 5.91 Å². The number of piperazine rings is 1. The number of carboxylic acids is 1. The largest absolute Gasteiger partial charge is 0.481 e. The molecule has 1 saturated heterocycles. The van der Waals surface area contributed by atoms with E-state index in [1.165, 1.54) is 22.3 Å². The van der Waals surface area contributed by atoms with Crippen LogP contribution in [0, 0.1) is 0 Å². The van der Waals surface area contributed by atoms with Gasteiger partial charge in [-0.15, -0.1) is 0 Å². The number of carbonyl (C=O) groups is 3. The molecule has 2 amide bonds. The average molecular weight is 478 g/mol. The molecule has 2 N–H and O–H groups in total. The van der Waals surface area contributed by atoms with Gasteiger partial charge in [-0.3, -0.25) is 14.5 Å². The molecule has 0 atom stereocenters. The molecule has 3 aliphatic rings. The Morgan fingerprint density at radius 2 is 1.54 bits per heavy atom. The van der Waals surface area contributed by atoms with Gasteiger partial charge in [0.15, 0.2) is 0 Å². The number of carbonyl (C=O) groups excluding carboxylic acids is 2. The molecule has 0 spiro atoms. The summed E-state index contributed by atoms with van der Waals surface area (Å²) >= 11 is 0. The summed E-state index contributed by atoms with van der Waals surface area (Å²) in [6, 6.07) is 16.4. The molecule has 8 nitrogen and oxygen atoms in total. The van der Waals surface area contributed by atoms with Crippen molar-refractivity contribution in [1.82, 2.24) is 15.1 Å². The van der Waals surface area contributed by atoms with Crippen LogP contribution in [0.5, 0.6) is 0 Å². The first-order chi connectivity index (χ1) is 16.9. The monoisotopic (exact) mass is 477 g/mol. The van der Waals surface area contributed by atoms with Crippen LogP contribution in [-0.4, -0.2) is 77.7 Å². The number of fused-ring (bicyclic) bond motifs is 3. The van der Waals surface area contributed by atoms with Crippen molar-refractivity contribution < 1.29 is 24.2 Å². The fraction of sp³-hybridized carbons (Fsp3) is 0.444. The smallest absolute Gasteiger partial charge is 0.407 e. The molecule has 8 heteroatoms. The molecule has 1 heterocycles. The topological polar surface area (TPSA) is 99.2 Å². The Morgan fingerprint density at radius 3 is 2.11 bits per heavy atom. The van der Waals surface area contributed by atoms with Crippen LogP contribution in [0.15, 0.2) is 48.5 Å². The van der Waals surface area contributed by atoms with Gasteiger partial charge in [0, 0.05) is 38.6 Å². The lowest BCUT2D eigenvalue weighted by Gasteiger charge is -2.35. The van der Waals surface area contributed by atoms with E-state index >= 15 is 0 Å². The zero-order valence-corrected chi connectivity index (χ0v) is 19.7. The molecule has 5 rings (SSSR count). The lowest BCUT2D eigenvalue weighted by Crippen LogP contribution is -2.51. The second-order valence-electron chi connectivity index (χ2n) is 9.77. The first kappa shape index (κ1) is 23.4. The van der Waals surface area contributed by atoms with E-state index in [2.05, 4.69) is 34.5 Å². The van der Waals surface area contributed by atoms with Gasteiger partial charge >= 0.3 is 12.1 Å². The molecule has 0 bridgehead atoms. The third-order valence-corrected chi connectivity index (χ3v) is 7.42. The highest BCUT2D eigenvalue weighted by molar-refractivity contribution is 5.81. The fourth-order valence-electron chi connectivity index (χ4n) is 5.22. The minimum absolute atomic E-state index is 0.00218. The van der Waals surface area contributed by atoms with Crippen LogP contribution in [0.25, 0.3) is 11.1 Å². The lowest BCUT2D eigenvalue weighted by molar-refractivity contribution is -0.138. The Morgan fingerprint density at radius 1 is 0.943 bits per heavy atom. The number of hydrogen-bond donors (Lipinski definition) is 2. The van der Waals surface area contributed by atoms with E-state index in [-0.39, 0.29) is 31.3 Å². The van der Waals surface area contributed by atoms with E-state index in [4.69, 9.17) is 9.84 Å². The van der Waals surface area contributed by atoms with Gasteiger partial charge in [-0.05, 0) is 35.1 Å². The summed E-state index contributed by atoms with van der Waals surface area (Å²) in [7, 11) is 0. The molecule has 0 unspecified atom stereocenters. The van der Waals surface area contributed by atoms with E-state index in [0.29, 0.717) is 32.7 Å². The summed E-state index contributed by atoms with van der Waals surface area (Å²) in [5.41, 5.74) is 4.19. The highest BCUT2D eigenvalue weighted by Crippen LogP contribution is 2.44. The van der Waals surface area contributed by atoms with Gasteiger partial charge in [-0.25, -0.2) is 4.79 Å². The summed E-state index contributed by atoms with van der Waals surface area (Å²) in [6.45, 7) is 3.27. The van der Waals surface area contributed by atoms with E-state index in [1.54, 1.807) is 0 Å². The molecule has 2 aromatic rings. The minimum atomic E-state index is -0.807. The van der Waals surface area contributed by atoms with Crippen molar-refractivity contribution >= 4 is 18.0 Å². The Kier molecular flexibility index (Phi) is 6.47. The zero-order valence-electron chi connectivity index (χ0n) is 19.7. The molecule has 35 heavy (non-hydrogen) atoms. The summed E-state index contributed by atoms with van der Waals surface area (Å²) in [5, 5.41) is 11.8. The van der Waals surface area contributed by atoms with E-state index in [9.17, 15) is 14.4 Å². The van der Waals surface area contributed by atoms with E-state index < -0.39 is 17.6 Å². The van der Waals surface area contributed by atoms with Crippen molar-refractivity contribution in [2.45, 2.75) is 37.1 Å². The Balaban J connectivity index is 1.12. The second kappa shape index (κ2) is 9.70. The molecular formula is C27H31N3O5. The number of nitrogens with zero attached hydrogens (tertiary/aromatic N) is 2. The Bertz CT molecular complexity index is 1080. The first-order valence-corrected chi connectivity index (χ1v) is 12.3. The van der Waals surface area contributed by atoms with Crippen LogP contribution in [0.4, 0.5) is 4.79 Å². The van der Waals surface area contributed by atoms with Crippen LogP contribution >= 0.6 is 0 Å². The van der Waals surface area contributed by atoms with Crippen molar-refractivity contribution in [3.05, 3.63) is 59.7 Å². The quantitative estimate of drug-likeness (QED) is 0.606. The Hall–Kier alpha value is -3.39. The average Bonchev–Trinajstić information content (AvgIpc) is 3.53. The van der Waals surface area contributed by atoms with Crippen molar-refractivity contribution in [2.75, 3.05) is 39.3 Å². The van der Waals surface area contributed by atoms with Crippen LogP contribution in [0.1, 0.15) is 42.7 Å². The van der Waals surface area contributed by atoms with E-state index in [1.807, 2.05) is 29.2 Å². The molecule has 0 aromatic heterocycles. The van der Waals surface area contributed by atoms with Gasteiger partial charge in [-0.1, -0.05) is 48.5 Å². The molecule has 2 aromatic carbocycles. The predicted octanol–water partition coefficient (Wildman–Crippen LogP) is 3.07. The zero-order chi connectivity index (χ0) is 24.4. The Labute approximate surface area is 204 Å². The molecule has 0 radical (unpaired) electrons. The minimum Gasteiger partial charge on any atom is -0.481 e. The predicted molar refractivity (Wildman–Crippen MR) is 130 cm³/mol. The van der Waals surface area contributed by atoms with Crippen molar-refractivity contribution in [2.24, 2.45) is 0 Å². The number of alkyl carbamates (subject to hydrolysis) is 1. The van der Waals surface area contributed by atoms with Gasteiger partial charge in [0.25, 0.3) is 0 Å². The molecular weight excluding hydrogens is 446 g/mol. The maximum atomic E-state index is 12.9. The van der Waals surface area contributed by atoms with E-state index in [0.717, 1.165) is 12.8 Å². The number of aliphatic carboxylic acids is 1. The van der Waals surface area contributed by atoms with Gasteiger partial charge < -0.3 is 20.1 Å². The number of rotatable bonds is 8. The fourth-order valence-corrected chi connectivity index (χ4v) is 5.22. The highest BCUT2D eigenvalue weighted by atomic mass is 16.5. The number of hydrogen-bond acceptors (Lipinski definition) is 5. The van der Waals surface area contributed by atoms with Crippen molar-refractivity contribution in [1.29, 1.82) is 0 Å². The lowest BCUT2D eigenvalue weighted by atomic mass is 9.98. The number of amides is 2. The standard InChI is InChI=1S/C27H31N3O5/c31-24(30-15-13-29(14-16-30)12-9-25(32)33)17-27(10-11-27)28-26(34)35-18-23-21-7-3-1-5-19(21)20-6-2-4-8-22(20)23/h1-8,23H,9-18H2,(H,28,34)(H,32,33). The maximum Gasteiger partial charge on any atom is 0.407 e. The summed E-state index contributed by atoms with van der Waals surface area (Å²) in [5.74, 6) is -0.778. The summed E-state index contributed by atoms with van der Waals surface area (Å²) < 4.78 is 5.67. The molecule has 2 fully saturated rings. The molecule has 184 valence electrons. The normalized spacial score (nSPS) is 18.5.